The van der Waals surface area contributed by atoms with Crippen LogP contribution in [0.1, 0.15) is 99.9 Å². The van der Waals surface area contributed by atoms with Gasteiger partial charge in [-0.15, -0.1) is 0 Å². The van der Waals surface area contributed by atoms with E-state index < -0.39 is 0 Å². The summed E-state index contributed by atoms with van der Waals surface area (Å²) < 4.78 is 14.4. The lowest BCUT2D eigenvalue weighted by Gasteiger charge is -2.25. The first-order valence-corrected chi connectivity index (χ1v) is 30.1. The van der Waals surface area contributed by atoms with E-state index in [-0.39, 0.29) is 21.7 Å². The van der Waals surface area contributed by atoms with E-state index in [0.717, 1.165) is 44.2 Å². The zero-order chi connectivity index (χ0) is 56.2. The van der Waals surface area contributed by atoms with Crippen LogP contribution < -0.4 is 0 Å². The van der Waals surface area contributed by atoms with E-state index in [4.69, 9.17) is 8.83 Å². The summed E-state index contributed by atoms with van der Waals surface area (Å²) in [6.45, 7) is 19.5. The Morgan fingerprint density at radius 3 is 0.940 bits per heavy atom. The van der Waals surface area contributed by atoms with Crippen molar-refractivity contribution in [1.82, 2.24) is 0 Å². The van der Waals surface area contributed by atoms with Gasteiger partial charge in [-0.2, -0.15) is 0 Å². The Labute approximate surface area is 487 Å². The molecule has 0 atom stereocenters. The molecule has 0 unspecified atom stereocenters. The standard InChI is InChI=1S/C82H58O2/c1-79(2)63-41-60-64(42-59(63)71-65(79)39-55(77-73(71)53-29-17-19-31-67(53)83-77)43-33-35-61-57(37-43)69-49-25-13-9-21-45(49)47-23-11-15-27-51(47)75(69)81(61,5)6)80(3,4)66-40-56(78-74(72(60)66)54-30-18-20-32-68(54)84-78)44-34-36-62-58(38-44)70-50-26-14-10-22-46(50)48-24-12-16-28-52(48)76(70)82(62,7)8/h9-42H,1-8H3. The van der Waals surface area contributed by atoms with Gasteiger partial charge in [0, 0.05) is 54.3 Å². The summed E-state index contributed by atoms with van der Waals surface area (Å²) >= 11 is 0. The molecule has 0 aliphatic heterocycles. The smallest absolute Gasteiger partial charge is 0.143 e. The van der Waals surface area contributed by atoms with Gasteiger partial charge >= 0.3 is 0 Å². The third-order valence-electron chi connectivity index (χ3n) is 21.3. The van der Waals surface area contributed by atoms with Crippen molar-refractivity contribution in [3.63, 3.8) is 0 Å². The van der Waals surface area contributed by atoms with Crippen molar-refractivity contribution >= 4 is 87.0 Å². The maximum atomic E-state index is 7.21. The molecular formula is C82H58O2. The van der Waals surface area contributed by atoms with Crippen molar-refractivity contribution in [2.75, 3.05) is 0 Å². The lowest BCUT2D eigenvalue weighted by atomic mass is 9.78. The highest BCUT2D eigenvalue weighted by Gasteiger charge is 2.46. The van der Waals surface area contributed by atoms with Gasteiger partial charge in [0.15, 0.2) is 0 Å². The summed E-state index contributed by atoms with van der Waals surface area (Å²) in [4.78, 5) is 0. The minimum absolute atomic E-state index is 0.191. The van der Waals surface area contributed by atoms with Gasteiger partial charge in [-0.3, -0.25) is 0 Å². The Balaban J connectivity index is 0.822. The third kappa shape index (κ3) is 5.55. The number of fused-ring (bicyclic) bond motifs is 30. The van der Waals surface area contributed by atoms with Gasteiger partial charge < -0.3 is 8.83 Å². The lowest BCUT2D eigenvalue weighted by molar-refractivity contribution is 0.650. The Bertz CT molecular complexity index is 5260. The zero-order valence-electron chi connectivity index (χ0n) is 48.4. The first kappa shape index (κ1) is 47.0. The number of benzene rings is 13. The normalized spacial score (nSPS) is 16.0. The van der Waals surface area contributed by atoms with Crippen molar-refractivity contribution in [3.8, 4) is 66.8 Å². The first-order chi connectivity index (χ1) is 40.7. The second kappa shape index (κ2) is 15.4. The predicted molar refractivity (Wildman–Crippen MR) is 352 cm³/mol. The fourth-order valence-corrected chi connectivity index (χ4v) is 17.4. The molecule has 0 amide bonds. The monoisotopic (exact) mass is 1070 g/mol. The molecule has 0 N–H and O–H groups in total. The molecule has 4 aliphatic carbocycles. The molecule has 0 saturated carbocycles. The topological polar surface area (TPSA) is 26.3 Å². The van der Waals surface area contributed by atoms with Crippen LogP contribution in [0.2, 0.25) is 0 Å². The number of furan rings is 2. The molecule has 0 fully saturated rings. The molecule has 0 bridgehead atoms. The summed E-state index contributed by atoms with van der Waals surface area (Å²) in [7, 11) is 0. The van der Waals surface area contributed by atoms with E-state index in [1.54, 1.807) is 0 Å². The van der Waals surface area contributed by atoms with Gasteiger partial charge in [0.25, 0.3) is 0 Å². The van der Waals surface area contributed by atoms with Gasteiger partial charge in [0.05, 0.1) is 0 Å². The molecule has 2 heteroatoms. The van der Waals surface area contributed by atoms with Gasteiger partial charge in [0.2, 0.25) is 0 Å². The minimum atomic E-state index is -0.351. The highest BCUT2D eigenvalue weighted by Crippen LogP contribution is 2.63. The highest BCUT2D eigenvalue weighted by molar-refractivity contribution is 6.24. The van der Waals surface area contributed by atoms with Crippen LogP contribution in [0, 0.1) is 0 Å². The average molecular weight is 1080 g/mol. The third-order valence-corrected chi connectivity index (χ3v) is 21.3. The summed E-state index contributed by atoms with van der Waals surface area (Å²) in [5.74, 6) is 0. The van der Waals surface area contributed by atoms with Gasteiger partial charge in [0.1, 0.15) is 22.3 Å². The summed E-state index contributed by atoms with van der Waals surface area (Å²) in [6.07, 6.45) is 0. The number of hydrogen-bond acceptors (Lipinski definition) is 2. The molecule has 19 rings (SSSR count). The number of hydrogen-bond donors (Lipinski definition) is 0. The predicted octanol–water partition coefficient (Wildman–Crippen LogP) is 22.7. The quantitative estimate of drug-likeness (QED) is 0.161. The van der Waals surface area contributed by atoms with E-state index in [1.165, 1.54) is 154 Å². The van der Waals surface area contributed by atoms with Crippen molar-refractivity contribution in [3.05, 3.63) is 251 Å². The van der Waals surface area contributed by atoms with Crippen molar-refractivity contribution in [1.29, 1.82) is 0 Å². The van der Waals surface area contributed by atoms with E-state index >= 15 is 0 Å². The Hall–Kier alpha value is -9.50. The molecule has 4 aliphatic rings. The number of para-hydroxylation sites is 2. The fraction of sp³-hybridized carbons (Fsp3) is 0.146. The summed E-state index contributed by atoms with van der Waals surface area (Å²) in [5, 5.41) is 15.2. The Morgan fingerprint density at radius 2 is 0.548 bits per heavy atom. The van der Waals surface area contributed by atoms with Crippen LogP contribution in [0.25, 0.3) is 154 Å². The molecule has 398 valence electrons. The molecule has 0 spiro atoms. The van der Waals surface area contributed by atoms with Crippen LogP contribution in [0.3, 0.4) is 0 Å². The largest absolute Gasteiger partial charge is 0.455 e. The van der Waals surface area contributed by atoms with E-state index in [9.17, 15) is 0 Å². The van der Waals surface area contributed by atoms with E-state index in [1.807, 2.05) is 0 Å². The SMILES string of the molecule is CC1(C)c2cc3c(cc2-c2c1cc(-c1ccc4c(c1)-c1c(c5ccccc5c5ccccc15)C4(C)C)c1oc4ccccc4c21)C(C)(C)c1cc(-c2ccc4c(c2)-c2c(c5ccccc5c5ccccc25)C4(C)C)c2oc4ccccc4c2c1-3. The zero-order valence-corrected chi connectivity index (χ0v) is 48.4. The van der Waals surface area contributed by atoms with Gasteiger partial charge in [-0.1, -0.05) is 213 Å². The maximum absolute atomic E-state index is 7.21. The summed E-state index contributed by atoms with van der Waals surface area (Å²) in [6, 6.07) is 78.2. The van der Waals surface area contributed by atoms with Crippen LogP contribution in [-0.4, -0.2) is 0 Å². The first-order valence-electron chi connectivity index (χ1n) is 30.1. The lowest BCUT2D eigenvalue weighted by Crippen LogP contribution is -2.17. The molecule has 0 saturated heterocycles. The van der Waals surface area contributed by atoms with Gasteiger partial charge in [-0.05, 0) is 192 Å². The maximum Gasteiger partial charge on any atom is 0.143 e. The average Bonchev–Trinajstić information content (AvgIpc) is 1.63. The highest BCUT2D eigenvalue weighted by atomic mass is 16.3. The molecule has 13 aromatic carbocycles. The van der Waals surface area contributed by atoms with E-state index in [0.29, 0.717) is 0 Å². The molecule has 2 heterocycles. The van der Waals surface area contributed by atoms with Gasteiger partial charge in [-0.25, -0.2) is 0 Å². The number of rotatable bonds is 2. The summed E-state index contributed by atoms with van der Waals surface area (Å²) in [5.41, 5.74) is 28.7. The van der Waals surface area contributed by atoms with Crippen LogP contribution >= 0.6 is 0 Å². The van der Waals surface area contributed by atoms with Crippen LogP contribution in [0.15, 0.2) is 215 Å². The molecule has 84 heavy (non-hydrogen) atoms. The minimum Gasteiger partial charge on any atom is -0.455 e. The Morgan fingerprint density at radius 1 is 0.238 bits per heavy atom. The molecule has 0 radical (unpaired) electrons. The second-order valence-electron chi connectivity index (χ2n) is 26.9. The molecule has 2 nitrogen and oxygen atoms in total. The molecule has 2 aromatic heterocycles. The Kier molecular flexibility index (Phi) is 8.61. The van der Waals surface area contributed by atoms with Crippen molar-refractivity contribution < 1.29 is 8.83 Å². The van der Waals surface area contributed by atoms with E-state index in [2.05, 4.69) is 262 Å². The van der Waals surface area contributed by atoms with Crippen molar-refractivity contribution in [2.45, 2.75) is 77.0 Å². The molecule has 15 aromatic rings. The van der Waals surface area contributed by atoms with Crippen LogP contribution in [-0.2, 0) is 21.7 Å². The van der Waals surface area contributed by atoms with Crippen LogP contribution in [0.5, 0.6) is 0 Å². The second-order valence-corrected chi connectivity index (χ2v) is 26.9. The fourth-order valence-electron chi connectivity index (χ4n) is 17.4. The van der Waals surface area contributed by atoms with Crippen LogP contribution in [0.4, 0.5) is 0 Å². The van der Waals surface area contributed by atoms with Crippen molar-refractivity contribution in [2.24, 2.45) is 0 Å². The molecular weight excluding hydrogens is 1020 g/mol.